The number of amides is 1. The minimum atomic E-state index is -0.966. The van der Waals surface area contributed by atoms with E-state index in [1.165, 1.54) is 0 Å². The number of benzene rings is 1. The Balaban J connectivity index is 1.79. The van der Waals surface area contributed by atoms with E-state index in [1.54, 1.807) is 0 Å². The Labute approximate surface area is 185 Å². The number of Topliss-reactive ketones (excluding diaryl/α,β-unsaturated/α-hetero) is 1. The number of unbranched alkanes of at least 4 members (excludes halogenated alkanes) is 1. The van der Waals surface area contributed by atoms with Crippen molar-refractivity contribution >= 4 is 11.7 Å². The molecular formula is C25H37NO5. The molecule has 5 atom stereocenters. The topological polar surface area (TPSA) is 107 Å². The second-order valence-electron chi connectivity index (χ2n) is 8.46. The highest BCUT2D eigenvalue weighted by atomic mass is 16.3. The molecule has 0 aromatic heterocycles. The van der Waals surface area contributed by atoms with E-state index >= 15 is 0 Å². The Hall–Kier alpha value is -2.02. The Morgan fingerprint density at radius 2 is 1.87 bits per heavy atom. The fourth-order valence-electron chi connectivity index (χ4n) is 4.41. The maximum absolute atomic E-state index is 12.4. The van der Waals surface area contributed by atoms with Crippen molar-refractivity contribution in [1.29, 1.82) is 0 Å². The van der Waals surface area contributed by atoms with Crippen LogP contribution in [0.15, 0.2) is 42.5 Å². The van der Waals surface area contributed by atoms with Crippen molar-refractivity contribution in [2.24, 2.45) is 11.8 Å². The standard InChI is InChI=1S/C25H37NO5/c1-2-26-24(31)13-9-4-3-8-12-20-21(28)17-23(30)25(20)22(29)16-19(27)15-14-18-10-6-5-7-11-18/h3,5-8,10-11,20-23,25,28-30H,2,4,9,12-17H2,1H3,(H,26,31)/b8-3-/t20-,21-,22?,23+,25-/m0/s1. The summed E-state index contributed by atoms with van der Waals surface area (Å²) >= 11 is 0. The summed E-state index contributed by atoms with van der Waals surface area (Å²) in [7, 11) is 0. The van der Waals surface area contributed by atoms with E-state index in [0.717, 1.165) is 18.4 Å². The van der Waals surface area contributed by atoms with Crippen molar-refractivity contribution in [2.45, 2.75) is 76.6 Å². The number of ketones is 1. The summed E-state index contributed by atoms with van der Waals surface area (Å²) in [5.74, 6) is -0.794. The van der Waals surface area contributed by atoms with Crippen molar-refractivity contribution in [3.63, 3.8) is 0 Å². The number of aliphatic hydroxyl groups is 3. The molecule has 1 aliphatic rings. The molecule has 6 nitrogen and oxygen atoms in total. The van der Waals surface area contributed by atoms with E-state index < -0.39 is 24.2 Å². The maximum atomic E-state index is 12.4. The van der Waals surface area contributed by atoms with Gasteiger partial charge in [-0.3, -0.25) is 9.59 Å². The highest BCUT2D eigenvalue weighted by molar-refractivity contribution is 5.79. The summed E-state index contributed by atoms with van der Waals surface area (Å²) in [4.78, 5) is 23.8. The second kappa shape index (κ2) is 13.4. The fourth-order valence-corrected chi connectivity index (χ4v) is 4.41. The van der Waals surface area contributed by atoms with Gasteiger partial charge in [0.15, 0.2) is 0 Å². The number of rotatable bonds is 13. The van der Waals surface area contributed by atoms with Gasteiger partial charge < -0.3 is 20.6 Å². The molecule has 1 aromatic rings. The largest absolute Gasteiger partial charge is 0.393 e. The predicted octanol–water partition coefficient (Wildman–Crippen LogP) is 2.55. The van der Waals surface area contributed by atoms with E-state index in [2.05, 4.69) is 5.32 Å². The van der Waals surface area contributed by atoms with Crippen molar-refractivity contribution in [3.8, 4) is 0 Å². The van der Waals surface area contributed by atoms with Gasteiger partial charge in [0, 0.05) is 31.7 Å². The zero-order valence-electron chi connectivity index (χ0n) is 18.5. The number of allylic oxidation sites excluding steroid dienone is 2. The lowest BCUT2D eigenvalue weighted by Crippen LogP contribution is -2.34. The molecule has 1 amide bonds. The zero-order chi connectivity index (χ0) is 22.6. The highest BCUT2D eigenvalue weighted by Gasteiger charge is 2.44. The molecule has 2 rings (SSSR count). The van der Waals surface area contributed by atoms with Gasteiger partial charge in [0.2, 0.25) is 5.91 Å². The third-order valence-corrected chi connectivity index (χ3v) is 6.06. The van der Waals surface area contributed by atoms with Crippen LogP contribution in [0.4, 0.5) is 0 Å². The third kappa shape index (κ3) is 8.56. The number of aryl methyl sites for hydroxylation is 1. The number of nitrogens with one attached hydrogen (secondary N) is 1. The van der Waals surface area contributed by atoms with Gasteiger partial charge in [-0.05, 0) is 50.5 Å². The van der Waals surface area contributed by atoms with Crippen LogP contribution < -0.4 is 5.32 Å². The molecule has 31 heavy (non-hydrogen) atoms. The molecule has 0 spiro atoms. The first-order valence-corrected chi connectivity index (χ1v) is 11.4. The van der Waals surface area contributed by atoms with E-state index in [-0.39, 0.29) is 30.4 Å². The van der Waals surface area contributed by atoms with Crippen molar-refractivity contribution in [3.05, 3.63) is 48.0 Å². The van der Waals surface area contributed by atoms with Gasteiger partial charge in [-0.1, -0.05) is 42.5 Å². The quantitative estimate of drug-likeness (QED) is 0.284. The first-order chi connectivity index (χ1) is 14.9. The van der Waals surface area contributed by atoms with Crippen LogP contribution in [0.5, 0.6) is 0 Å². The van der Waals surface area contributed by atoms with Gasteiger partial charge >= 0.3 is 0 Å². The van der Waals surface area contributed by atoms with Crippen LogP contribution in [0.3, 0.4) is 0 Å². The van der Waals surface area contributed by atoms with Crippen LogP contribution in [-0.2, 0) is 16.0 Å². The lowest BCUT2D eigenvalue weighted by Gasteiger charge is -2.27. The molecule has 1 aromatic carbocycles. The van der Waals surface area contributed by atoms with Crippen molar-refractivity contribution in [2.75, 3.05) is 6.54 Å². The van der Waals surface area contributed by atoms with Gasteiger partial charge in [-0.15, -0.1) is 0 Å². The third-order valence-electron chi connectivity index (χ3n) is 6.06. The van der Waals surface area contributed by atoms with E-state index in [9.17, 15) is 24.9 Å². The van der Waals surface area contributed by atoms with Crippen LogP contribution in [0.1, 0.15) is 57.4 Å². The average molecular weight is 432 g/mol. The number of carbonyl (C=O) groups excluding carboxylic acids is 2. The Kier molecular flexibility index (Phi) is 10.9. The molecule has 0 radical (unpaired) electrons. The molecule has 1 saturated carbocycles. The molecule has 0 aliphatic heterocycles. The number of hydrogen-bond donors (Lipinski definition) is 4. The molecule has 1 aliphatic carbocycles. The summed E-state index contributed by atoms with van der Waals surface area (Å²) in [5.41, 5.74) is 1.08. The Morgan fingerprint density at radius 1 is 1.13 bits per heavy atom. The van der Waals surface area contributed by atoms with Crippen LogP contribution in [0.2, 0.25) is 0 Å². The van der Waals surface area contributed by atoms with Crippen LogP contribution in [0.25, 0.3) is 0 Å². The normalized spacial score (nSPS) is 24.4. The summed E-state index contributed by atoms with van der Waals surface area (Å²) in [6.07, 6.45) is 5.15. The Bertz CT molecular complexity index is 705. The van der Waals surface area contributed by atoms with Crippen LogP contribution in [0, 0.1) is 11.8 Å². The van der Waals surface area contributed by atoms with E-state index in [4.69, 9.17) is 0 Å². The van der Waals surface area contributed by atoms with Crippen LogP contribution >= 0.6 is 0 Å². The smallest absolute Gasteiger partial charge is 0.219 e. The van der Waals surface area contributed by atoms with E-state index in [0.29, 0.717) is 32.2 Å². The molecular weight excluding hydrogens is 394 g/mol. The molecule has 0 heterocycles. The first-order valence-electron chi connectivity index (χ1n) is 11.4. The summed E-state index contributed by atoms with van der Waals surface area (Å²) in [5, 5.41) is 34.2. The van der Waals surface area contributed by atoms with Crippen molar-refractivity contribution < 1.29 is 24.9 Å². The number of hydrogen-bond acceptors (Lipinski definition) is 5. The predicted molar refractivity (Wildman–Crippen MR) is 120 cm³/mol. The molecule has 1 unspecified atom stereocenters. The van der Waals surface area contributed by atoms with Crippen molar-refractivity contribution in [1.82, 2.24) is 5.32 Å². The second-order valence-corrected chi connectivity index (χ2v) is 8.46. The first kappa shape index (κ1) is 25.2. The number of aliphatic hydroxyl groups excluding tert-OH is 3. The molecule has 0 bridgehead atoms. The molecule has 6 heteroatoms. The Morgan fingerprint density at radius 3 is 2.58 bits per heavy atom. The monoisotopic (exact) mass is 431 g/mol. The average Bonchev–Trinajstić information content (AvgIpc) is 3.03. The summed E-state index contributed by atoms with van der Waals surface area (Å²) in [6, 6.07) is 9.74. The zero-order valence-corrected chi connectivity index (χ0v) is 18.5. The minimum absolute atomic E-state index is 0.00592. The summed E-state index contributed by atoms with van der Waals surface area (Å²) in [6.45, 7) is 2.52. The minimum Gasteiger partial charge on any atom is -0.393 e. The molecule has 4 N–H and O–H groups in total. The fraction of sp³-hybridized carbons (Fsp3) is 0.600. The molecule has 172 valence electrons. The molecule has 1 fully saturated rings. The van der Waals surface area contributed by atoms with Gasteiger partial charge in [0.1, 0.15) is 5.78 Å². The van der Waals surface area contributed by atoms with Gasteiger partial charge in [-0.2, -0.15) is 0 Å². The van der Waals surface area contributed by atoms with E-state index in [1.807, 2.05) is 49.4 Å². The van der Waals surface area contributed by atoms with Crippen LogP contribution in [-0.4, -0.2) is 51.9 Å². The highest BCUT2D eigenvalue weighted by Crippen LogP contribution is 2.38. The number of carbonyl (C=O) groups is 2. The van der Waals surface area contributed by atoms with Gasteiger partial charge in [0.05, 0.1) is 18.3 Å². The lowest BCUT2D eigenvalue weighted by atomic mass is 9.83. The lowest BCUT2D eigenvalue weighted by molar-refractivity contribution is -0.123. The van der Waals surface area contributed by atoms with Gasteiger partial charge in [0.25, 0.3) is 0 Å². The van der Waals surface area contributed by atoms with Gasteiger partial charge in [-0.25, -0.2) is 0 Å². The molecule has 0 saturated heterocycles. The SMILES string of the molecule is CCNC(=O)CCC/C=C\C[C@@H]1[C@@H](C(O)CC(=O)CCc2ccccc2)[C@H](O)C[C@@H]1O. The summed E-state index contributed by atoms with van der Waals surface area (Å²) < 4.78 is 0. The maximum Gasteiger partial charge on any atom is 0.219 e.